The highest BCUT2D eigenvalue weighted by Gasteiger charge is 2.14. The first-order valence-electron chi connectivity index (χ1n) is 8.85. The number of hydrogen-bond donors (Lipinski definition) is 0. The lowest BCUT2D eigenvalue weighted by atomic mass is 9.90. The minimum atomic E-state index is -2.28. The largest absolute Gasteiger partial charge is 0.319 e. The Labute approximate surface area is 153 Å². The quantitative estimate of drug-likeness (QED) is 0.261. The van der Waals surface area contributed by atoms with Crippen molar-refractivity contribution in [2.75, 3.05) is 13.3 Å². The van der Waals surface area contributed by atoms with Crippen molar-refractivity contribution in [1.82, 2.24) is 0 Å². The van der Waals surface area contributed by atoms with Crippen LogP contribution in [0.4, 0.5) is 0 Å². The van der Waals surface area contributed by atoms with Crippen LogP contribution < -0.4 is 5.30 Å². The van der Waals surface area contributed by atoms with Gasteiger partial charge in [-0.2, -0.15) is 0 Å². The van der Waals surface area contributed by atoms with Crippen LogP contribution in [0, 0.1) is 0 Å². The highest BCUT2D eigenvalue weighted by molar-refractivity contribution is 7.70. The van der Waals surface area contributed by atoms with E-state index in [0.717, 1.165) is 10.9 Å². The molecular formula is C24H19OP. The van der Waals surface area contributed by atoms with Crippen LogP contribution in [0.2, 0.25) is 0 Å². The molecule has 5 aromatic rings. The van der Waals surface area contributed by atoms with Crippen molar-refractivity contribution < 1.29 is 4.57 Å². The van der Waals surface area contributed by atoms with Crippen molar-refractivity contribution in [1.29, 1.82) is 0 Å². The van der Waals surface area contributed by atoms with Gasteiger partial charge >= 0.3 is 0 Å². The maximum atomic E-state index is 12.5. The summed E-state index contributed by atoms with van der Waals surface area (Å²) in [5.74, 6) is 0. The summed E-state index contributed by atoms with van der Waals surface area (Å²) in [6, 6.07) is 27.9. The third-order valence-corrected chi connectivity index (χ3v) is 6.83. The first-order valence-corrected chi connectivity index (χ1v) is 11.4. The Morgan fingerprint density at radius 2 is 1.27 bits per heavy atom. The fraction of sp³-hybridized carbons (Fsp3) is 0.0833. The maximum Gasteiger partial charge on any atom is 0.109 e. The molecule has 0 spiro atoms. The van der Waals surface area contributed by atoms with Gasteiger partial charge < -0.3 is 4.57 Å². The van der Waals surface area contributed by atoms with Crippen molar-refractivity contribution in [3.8, 4) is 11.1 Å². The molecular weight excluding hydrogens is 335 g/mol. The molecule has 5 aromatic carbocycles. The van der Waals surface area contributed by atoms with Gasteiger partial charge in [-0.05, 0) is 62.8 Å². The summed E-state index contributed by atoms with van der Waals surface area (Å²) in [5, 5.41) is 8.65. The summed E-state index contributed by atoms with van der Waals surface area (Å²) < 4.78 is 12.5. The van der Waals surface area contributed by atoms with Gasteiger partial charge in [-0.15, -0.1) is 0 Å². The Morgan fingerprint density at radius 1 is 0.654 bits per heavy atom. The molecule has 0 N–H and O–H groups in total. The van der Waals surface area contributed by atoms with Crippen LogP contribution in [-0.2, 0) is 4.57 Å². The molecule has 0 amide bonds. The average molecular weight is 354 g/mol. The molecule has 0 bridgehead atoms. The molecule has 26 heavy (non-hydrogen) atoms. The van der Waals surface area contributed by atoms with E-state index >= 15 is 0 Å². The van der Waals surface area contributed by atoms with Crippen molar-refractivity contribution in [2.24, 2.45) is 0 Å². The Balaban J connectivity index is 1.89. The molecule has 0 fully saturated rings. The third-order valence-electron chi connectivity index (χ3n) is 5.31. The molecule has 0 aliphatic carbocycles. The molecule has 0 aromatic heterocycles. The van der Waals surface area contributed by atoms with Gasteiger partial charge in [-0.1, -0.05) is 72.8 Å². The molecule has 0 radical (unpaired) electrons. The topological polar surface area (TPSA) is 17.1 Å². The first kappa shape index (κ1) is 15.6. The zero-order valence-electron chi connectivity index (χ0n) is 14.9. The Hall–Kier alpha value is -2.63. The van der Waals surface area contributed by atoms with E-state index in [-0.39, 0.29) is 0 Å². The normalized spacial score (nSPS) is 12.4. The van der Waals surface area contributed by atoms with E-state index in [0.29, 0.717) is 0 Å². The lowest BCUT2D eigenvalue weighted by molar-refractivity contribution is 0.588. The van der Waals surface area contributed by atoms with Crippen molar-refractivity contribution in [3.05, 3.63) is 78.9 Å². The minimum absolute atomic E-state index is 0.931. The summed E-state index contributed by atoms with van der Waals surface area (Å²) in [4.78, 5) is 0. The Morgan fingerprint density at radius 3 is 2.00 bits per heavy atom. The van der Waals surface area contributed by atoms with E-state index in [1.807, 2.05) is 25.5 Å². The number of benzene rings is 5. The van der Waals surface area contributed by atoms with Crippen LogP contribution in [-0.4, -0.2) is 13.3 Å². The molecule has 0 aliphatic rings. The van der Waals surface area contributed by atoms with E-state index in [2.05, 4.69) is 66.7 Å². The van der Waals surface area contributed by atoms with E-state index < -0.39 is 7.14 Å². The monoisotopic (exact) mass is 354 g/mol. The van der Waals surface area contributed by atoms with E-state index in [9.17, 15) is 4.57 Å². The molecule has 0 saturated carbocycles. The van der Waals surface area contributed by atoms with Crippen molar-refractivity contribution in [2.45, 2.75) is 0 Å². The molecule has 0 heterocycles. The van der Waals surface area contributed by atoms with Gasteiger partial charge in [0.2, 0.25) is 0 Å². The van der Waals surface area contributed by atoms with Crippen LogP contribution >= 0.6 is 7.14 Å². The summed E-state index contributed by atoms with van der Waals surface area (Å²) in [6.45, 7) is 3.66. The second-order valence-corrected chi connectivity index (χ2v) is 10.6. The van der Waals surface area contributed by atoms with Gasteiger partial charge in [-0.3, -0.25) is 0 Å². The van der Waals surface area contributed by atoms with Gasteiger partial charge in [0.1, 0.15) is 7.14 Å². The number of rotatable bonds is 2. The summed E-state index contributed by atoms with van der Waals surface area (Å²) in [5.41, 5.74) is 2.33. The lowest BCUT2D eigenvalue weighted by Crippen LogP contribution is -2.02. The molecule has 2 heteroatoms. The van der Waals surface area contributed by atoms with Crippen molar-refractivity contribution >= 4 is 44.8 Å². The SMILES string of the molecule is CP(C)(=O)c1cccc(-c2ccc3ccc4cccc5ccc2c3c45)c1. The van der Waals surface area contributed by atoms with E-state index in [1.54, 1.807) is 0 Å². The van der Waals surface area contributed by atoms with Crippen LogP contribution in [0.25, 0.3) is 43.4 Å². The molecule has 1 nitrogen and oxygen atoms in total. The van der Waals surface area contributed by atoms with Crippen LogP contribution in [0.1, 0.15) is 0 Å². The summed E-state index contributed by atoms with van der Waals surface area (Å²) >= 11 is 0. The van der Waals surface area contributed by atoms with E-state index in [4.69, 9.17) is 0 Å². The molecule has 0 unspecified atom stereocenters. The third kappa shape index (κ3) is 2.28. The van der Waals surface area contributed by atoms with Gasteiger partial charge in [0, 0.05) is 5.30 Å². The van der Waals surface area contributed by atoms with Gasteiger partial charge in [0.25, 0.3) is 0 Å². The highest BCUT2D eigenvalue weighted by atomic mass is 31.2. The molecule has 126 valence electrons. The summed E-state index contributed by atoms with van der Waals surface area (Å²) in [7, 11) is -2.28. The summed E-state index contributed by atoms with van der Waals surface area (Å²) in [6.07, 6.45) is 0. The Kier molecular flexibility index (Phi) is 3.26. The van der Waals surface area contributed by atoms with Gasteiger partial charge in [0.05, 0.1) is 0 Å². The molecule has 0 atom stereocenters. The smallest absolute Gasteiger partial charge is 0.109 e. The predicted octanol–water partition coefficient (Wildman–Crippen LogP) is 6.50. The zero-order valence-corrected chi connectivity index (χ0v) is 15.8. The molecule has 0 saturated heterocycles. The van der Waals surface area contributed by atoms with Gasteiger partial charge in [0.15, 0.2) is 0 Å². The number of hydrogen-bond acceptors (Lipinski definition) is 1. The van der Waals surface area contributed by atoms with Crippen LogP contribution in [0.5, 0.6) is 0 Å². The fourth-order valence-electron chi connectivity index (χ4n) is 4.00. The zero-order chi connectivity index (χ0) is 17.9. The van der Waals surface area contributed by atoms with Crippen molar-refractivity contribution in [3.63, 3.8) is 0 Å². The fourth-order valence-corrected chi connectivity index (χ4v) is 4.89. The predicted molar refractivity (Wildman–Crippen MR) is 115 cm³/mol. The second-order valence-electron chi connectivity index (χ2n) is 7.37. The molecule has 5 rings (SSSR count). The average Bonchev–Trinajstić information content (AvgIpc) is 2.65. The standard InChI is InChI=1S/C24H19OP/c1-26(2,25)20-8-4-7-19(15-20)21-13-11-18-10-9-16-5-3-6-17-12-14-22(21)24(18)23(16)17/h3-15H,1-2H3. The van der Waals surface area contributed by atoms with E-state index in [1.165, 1.54) is 37.9 Å². The minimum Gasteiger partial charge on any atom is -0.319 e. The first-order chi connectivity index (χ1) is 12.5. The van der Waals surface area contributed by atoms with Gasteiger partial charge in [-0.25, -0.2) is 0 Å². The molecule has 0 aliphatic heterocycles. The Bertz CT molecular complexity index is 1310. The highest BCUT2D eigenvalue weighted by Crippen LogP contribution is 2.40. The van der Waals surface area contributed by atoms with Crippen LogP contribution in [0.15, 0.2) is 78.9 Å². The lowest BCUT2D eigenvalue weighted by Gasteiger charge is -2.15. The second kappa shape index (κ2) is 5.43. The van der Waals surface area contributed by atoms with Crippen LogP contribution in [0.3, 0.4) is 0 Å². The maximum absolute atomic E-state index is 12.5.